The minimum absolute atomic E-state index is 0. The average Bonchev–Trinajstić information content (AvgIpc) is 2.98. The maximum Gasteiger partial charge on any atom is 0.0106 e. The normalized spacial score (nSPS) is 14.9. The molecule has 0 bridgehead atoms. The molecule has 0 heterocycles. The summed E-state index contributed by atoms with van der Waals surface area (Å²) in [5.41, 5.74) is 0. The van der Waals surface area contributed by atoms with Gasteiger partial charge >= 0.3 is 0 Å². The van der Waals surface area contributed by atoms with Crippen LogP contribution in [0.2, 0.25) is 0 Å². The van der Waals surface area contributed by atoms with E-state index in [2.05, 4.69) is 35.6 Å². The van der Waals surface area contributed by atoms with Crippen LogP contribution in [0, 0.1) is 0 Å². The minimum Gasteiger partial charge on any atom is -0.313 e. The highest BCUT2D eigenvalue weighted by molar-refractivity contribution is 7.99. The molecule has 1 aliphatic carbocycles. The van der Waals surface area contributed by atoms with E-state index in [9.17, 15) is 0 Å². The van der Waals surface area contributed by atoms with E-state index in [-0.39, 0.29) is 12.4 Å². The van der Waals surface area contributed by atoms with E-state index in [1.807, 2.05) is 11.8 Å². The molecular weight excluding hydrogens is 214 g/mol. The summed E-state index contributed by atoms with van der Waals surface area (Å²) >= 11 is 1.93. The van der Waals surface area contributed by atoms with Crippen molar-refractivity contribution < 1.29 is 0 Å². The van der Waals surface area contributed by atoms with Gasteiger partial charge in [0.15, 0.2) is 0 Å². The summed E-state index contributed by atoms with van der Waals surface area (Å²) in [6.45, 7) is 1.14. The highest BCUT2D eigenvalue weighted by atomic mass is 35.5. The van der Waals surface area contributed by atoms with Gasteiger partial charge in [0.05, 0.1) is 0 Å². The quantitative estimate of drug-likeness (QED) is 0.616. The molecule has 0 unspecified atom stereocenters. The Balaban J connectivity index is 0.000000980. The molecule has 1 saturated carbocycles. The third-order valence-corrected chi connectivity index (χ3v) is 3.14. The van der Waals surface area contributed by atoms with Gasteiger partial charge in [0.25, 0.3) is 0 Å². The molecule has 78 valence electrons. The fraction of sp³-hybridized carbons (Fsp3) is 0.455. The maximum atomic E-state index is 3.51. The van der Waals surface area contributed by atoms with Gasteiger partial charge in [0, 0.05) is 23.2 Å². The van der Waals surface area contributed by atoms with Gasteiger partial charge in [-0.15, -0.1) is 24.2 Å². The topological polar surface area (TPSA) is 12.0 Å². The van der Waals surface area contributed by atoms with Gasteiger partial charge in [-0.25, -0.2) is 0 Å². The number of thioether (sulfide) groups is 1. The zero-order valence-electron chi connectivity index (χ0n) is 8.11. The van der Waals surface area contributed by atoms with Gasteiger partial charge in [-0.05, 0) is 25.0 Å². The standard InChI is InChI=1S/C11H15NS.ClH/c1-2-4-11(5-3-1)13-9-8-12-10-6-7-10;/h1-5,10,12H,6-9H2;1H. The van der Waals surface area contributed by atoms with Crippen LogP contribution in [0.1, 0.15) is 12.8 Å². The smallest absolute Gasteiger partial charge is 0.0106 e. The summed E-state index contributed by atoms with van der Waals surface area (Å²) in [4.78, 5) is 1.38. The van der Waals surface area contributed by atoms with Crippen LogP contribution in [-0.2, 0) is 0 Å². The molecule has 0 aliphatic heterocycles. The molecule has 0 amide bonds. The molecule has 14 heavy (non-hydrogen) atoms. The minimum atomic E-state index is 0. The molecule has 0 atom stereocenters. The van der Waals surface area contributed by atoms with E-state index in [4.69, 9.17) is 0 Å². The Morgan fingerprint density at radius 3 is 2.57 bits per heavy atom. The predicted molar refractivity (Wildman–Crippen MR) is 65.4 cm³/mol. The lowest BCUT2D eigenvalue weighted by molar-refractivity contribution is 0.726. The van der Waals surface area contributed by atoms with Gasteiger partial charge in [-0.3, -0.25) is 0 Å². The summed E-state index contributed by atoms with van der Waals surface area (Å²) in [7, 11) is 0. The van der Waals surface area contributed by atoms with Crippen molar-refractivity contribution in [1.82, 2.24) is 5.32 Å². The van der Waals surface area contributed by atoms with Crippen LogP contribution in [0.4, 0.5) is 0 Å². The zero-order chi connectivity index (χ0) is 8.93. The van der Waals surface area contributed by atoms with Gasteiger partial charge < -0.3 is 5.32 Å². The van der Waals surface area contributed by atoms with Gasteiger partial charge in [0.2, 0.25) is 0 Å². The van der Waals surface area contributed by atoms with E-state index < -0.39 is 0 Å². The first-order chi connectivity index (χ1) is 6.45. The predicted octanol–water partition coefficient (Wildman–Crippen LogP) is 2.95. The summed E-state index contributed by atoms with van der Waals surface area (Å²) in [5.74, 6) is 1.18. The second kappa shape index (κ2) is 6.33. The number of halogens is 1. The zero-order valence-corrected chi connectivity index (χ0v) is 9.74. The Morgan fingerprint density at radius 1 is 1.21 bits per heavy atom. The molecule has 1 aromatic rings. The van der Waals surface area contributed by atoms with E-state index >= 15 is 0 Å². The summed E-state index contributed by atoms with van der Waals surface area (Å²) < 4.78 is 0. The lowest BCUT2D eigenvalue weighted by atomic mass is 10.4. The van der Waals surface area contributed by atoms with Crippen molar-refractivity contribution >= 4 is 24.2 Å². The van der Waals surface area contributed by atoms with Crippen molar-refractivity contribution in [2.75, 3.05) is 12.3 Å². The van der Waals surface area contributed by atoms with Crippen LogP contribution in [0.25, 0.3) is 0 Å². The molecule has 3 heteroatoms. The summed E-state index contributed by atoms with van der Waals surface area (Å²) in [6.07, 6.45) is 2.77. The first-order valence-electron chi connectivity index (χ1n) is 4.86. The van der Waals surface area contributed by atoms with Gasteiger partial charge in [-0.1, -0.05) is 18.2 Å². The monoisotopic (exact) mass is 229 g/mol. The lowest BCUT2D eigenvalue weighted by Gasteiger charge is -2.02. The third-order valence-electron chi connectivity index (χ3n) is 2.12. The number of rotatable bonds is 5. The van der Waals surface area contributed by atoms with Crippen LogP contribution in [0.15, 0.2) is 35.2 Å². The van der Waals surface area contributed by atoms with Crippen LogP contribution < -0.4 is 5.32 Å². The SMILES string of the molecule is Cl.c1ccc(SCCNC2CC2)cc1. The molecule has 0 saturated heterocycles. The van der Waals surface area contributed by atoms with E-state index in [0.29, 0.717) is 0 Å². The fourth-order valence-electron chi connectivity index (χ4n) is 1.24. The fourth-order valence-corrected chi connectivity index (χ4v) is 2.04. The van der Waals surface area contributed by atoms with E-state index in [1.165, 1.54) is 23.5 Å². The van der Waals surface area contributed by atoms with Crippen LogP contribution in [0.5, 0.6) is 0 Å². The highest BCUT2D eigenvalue weighted by Crippen LogP contribution is 2.19. The second-order valence-corrected chi connectivity index (χ2v) is 4.56. The molecule has 0 radical (unpaired) electrons. The Hall–Kier alpha value is -0.180. The Kier molecular flexibility index (Phi) is 5.38. The number of hydrogen-bond donors (Lipinski definition) is 1. The molecular formula is C11H16ClNS. The van der Waals surface area contributed by atoms with Crippen molar-refractivity contribution in [2.45, 2.75) is 23.8 Å². The first-order valence-corrected chi connectivity index (χ1v) is 5.85. The van der Waals surface area contributed by atoms with Crippen LogP contribution >= 0.6 is 24.2 Å². The van der Waals surface area contributed by atoms with E-state index in [0.717, 1.165) is 12.6 Å². The Bertz CT molecular complexity index is 249. The van der Waals surface area contributed by atoms with Crippen molar-refractivity contribution in [2.24, 2.45) is 0 Å². The second-order valence-electron chi connectivity index (χ2n) is 3.39. The van der Waals surface area contributed by atoms with Gasteiger partial charge in [0.1, 0.15) is 0 Å². The molecule has 1 fully saturated rings. The molecule has 1 nitrogen and oxygen atoms in total. The molecule has 0 aromatic heterocycles. The molecule has 1 aliphatic rings. The maximum absolute atomic E-state index is 3.51. The molecule has 1 N–H and O–H groups in total. The molecule has 0 spiro atoms. The molecule has 1 aromatic carbocycles. The lowest BCUT2D eigenvalue weighted by Crippen LogP contribution is -2.18. The van der Waals surface area contributed by atoms with Crippen molar-refractivity contribution in [3.8, 4) is 0 Å². The molecule has 2 rings (SSSR count). The van der Waals surface area contributed by atoms with E-state index in [1.54, 1.807) is 0 Å². The van der Waals surface area contributed by atoms with Crippen molar-refractivity contribution in [1.29, 1.82) is 0 Å². The highest BCUT2D eigenvalue weighted by Gasteiger charge is 2.19. The Morgan fingerprint density at radius 2 is 1.93 bits per heavy atom. The average molecular weight is 230 g/mol. The summed E-state index contributed by atoms with van der Waals surface area (Å²) in [6, 6.07) is 11.4. The number of benzene rings is 1. The van der Waals surface area contributed by atoms with Crippen molar-refractivity contribution in [3.63, 3.8) is 0 Å². The van der Waals surface area contributed by atoms with Gasteiger partial charge in [-0.2, -0.15) is 0 Å². The number of nitrogens with one attached hydrogen (secondary N) is 1. The Labute approximate surface area is 96.1 Å². The first kappa shape index (κ1) is 11.9. The summed E-state index contributed by atoms with van der Waals surface area (Å²) in [5, 5.41) is 3.51. The van der Waals surface area contributed by atoms with Crippen LogP contribution in [0.3, 0.4) is 0 Å². The van der Waals surface area contributed by atoms with Crippen molar-refractivity contribution in [3.05, 3.63) is 30.3 Å². The number of hydrogen-bond acceptors (Lipinski definition) is 2. The van der Waals surface area contributed by atoms with Crippen LogP contribution in [-0.4, -0.2) is 18.3 Å². The third kappa shape index (κ3) is 4.36. The largest absolute Gasteiger partial charge is 0.313 e.